The molecule has 0 spiro atoms. The summed E-state index contributed by atoms with van der Waals surface area (Å²) >= 11 is 1.50. The molecule has 156 valence electrons. The molecule has 0 saturated heterocycles. The molecule has 0 amide bonds. The maximum absolute atomic E-state index is 13.3. The van der Waals surface area contributed by atoms with E-state index in [4.69, 9.17) is 9.40 Å². The summed E-state index contributed by atoms with van der Waals surface area (Å²) in [5, 5.41) is 11.5. The second-order valence-electron chi connectivity index (χ2n) is 7.75. The van der Waals surface area contributed by atoms with Gasteiger partial charge in [0.1, 0.15) is 22.6 Å². The number of phenols is 1. The van der Waals surface area contributed by atoms with Gasteiger partial charge in [-0.2, -0.15) is 0 Å². The highest BCUT2D eigenvalue weighted by Crippen LogP contribution is 2.34. The van der Waals surface area contributed by atoms with Crippen LogP contribution >= 0.6 is 11.3 Å². The van der Waals surface area contributed by atoms with Crippen LogP contribution in [0.4, 0.5) is 0 Å². The lowest BCUT2D eigenvalue weighted by atomic mass is 10.0. The summed E-state index contributed by atoms with van der Waals surface area (Å²) in [4.78, 5) is 20.3. The summed E-state index contributed by atoms with van der Waals surface area (Å²) in [6, 6.07) is 9.37. The van der Waals surface area contributed by atoms with Crippen LogP contribution in [0.2, 0.25) is 0 Å². The molecule has 0 fully saturated rings. The van der Waals surface area contributed by atoms with Crippen LogP contribution < -0.4 is 5.43 Å². The van der Waals surface area contributed by atoms with Crippen molar-refractivity contribution in [3.05, 3.63) is 57.9 Å². The molecule has 1 N–H and O–H groups in total. The van der Waals surface area contributed by atoms with Crippen molar-refractivity contribution in [1.82, 2.24) is 9.88 Å². The molecule has 2 aromatic heterocycles. The highest BCUT2D eigenvalue weighted by Gasteiger charge is 2.19. The van der Waals surface area contributed by atoms with Gasteiger partial charge in [0, 0.05) is 6.54 Å². The van der Waals surface area contributed by atoms with Crippen molar-refractivity contribution in [2.24, 2.45) is 0 Å². The van der Waals surface area contributed by atoms with Crippen molar-refractivity contribution in [2.45, 2.75) is 40.2 Å². The fraction of sp³-hybridized carbons (Fsp3) is 0.333. The molecule has 0 bridgehead atoms. The third-order valence-corrected chi connectivity index (χ3v) is 6.65. The lowest BCUT2D eigenvalue weighted by molar-refractivity contribution is 0.290. The number of hydrogen-bond acceptors (Lipinski definition) is 6. The van der Waals surface area contributed by atoms with E-state index in [-0.39, 0.29) is 11.2 Å². The zero-order chi connectivity index (χ0) is 21.4. The van der Waals surface area contributed by atoms with Gasteiger partial charge < -0.3 is 9.52 Å². The van der Waals surface area contributed by atoms with Gasteiger partial charge in [-0.3, -0.25) is 9.69 Å². The average molecular weight is 423 g/mol. The molecule has 0 aliphatic carbocycles. The van der Waals surface area contributed by atoms with Crippen LogP contribution in [0.15, 0.2) is 45.8 Å². The molecule has 0 atom stereocenters. The molecule has 0 aliphatic heterocycles. The number of aromatic hydroxyl groups is 1. The first-order valence-corrected chi connectivity index (χ1v) is 11.1. The smallest absolute Gasteiger partial charge is 0.202 e. The Kier molecular flexibility index (Phi) is 5.62. The second kappa shape index (κ2) is 8.20. The minimum atomic E-state index is -0.123. The quantitative estimate of drug-likeness (QED) is 0.429. The third-order valence-electron chi connectivity index (χ3n) is 5.60. The predicted molar refractivity (Wildman–Crippen MR) is 123 cm³/mol. The number of nitrogens with zero attached hydrogens (tertiary/aromatic N) is 2. The Morgan fingerprint density at radius 3 is 2.63 bits per heavy atom. The molecule has 0 saturated carbocycles. The Labute approximate surface area is 179 Å². The van der Waals surface area contributed by atoms with Gasteiger partial charge in [-0.05, 0) is 42.8 Å². The van der Waals surface area contributed by atoms with Crippen LogP contribution in [0.25, 0.3) is 31.8 Å². The summed E-state index contributed by atoms with van der Waals surface area (Å²) in [6.07, 6.45) is 1.49. The van der Waals surface area contributed by atoms with E-state index in [1.807, 2.05) is 12.1 Å². The van der Waals surface area contributed by atoms with Crippen LogP contribution in [0, 0.1) is 0 Å². The molecular formula is C24H26N2O3S. The van der Waals surface area contributed by atoms with Crippen molar-refractivity contribution in [3.8, 4) is 16.3 Å². The molecule has 4 aromatic rings. The lowest BCUT2D eigenvalue weighted by Gasteiger charge is -2.19. The van der Waals surface area contributed by atoms with Crippen molar-refractivity contribution in [1.29, 1.82) is 0 Å². The van der Waals surface area contributed by atoms with Crippen molar-refractivity contribution in [3.63, 3.8) is 0 Å². The number of benzene rings is 2. The largest absolute Gasteiger partial charge is 0.507 e. The maximum Gasteiger partial charge on any atom is 0.202 e. The fourth-order valence-electron chi connectivity index (χ4n) is 3.77. The van der Waals surface area contributed by atoms with Crippen molar-refractivity contribution >= 4 is 32.5 Å². The van der Waals surface area contributed by atoms with Gasteiger partial charge in [0.05, 0.1) is 26.7 Å². The third kappa shape index (κ3) is 3.50. The van der Waals surface area contributed by atoms with Crippen LogP contribution in [0.3, 0.4) is 0 Å². The van der Waals surface area contributed by atoms with Crippen LogP contribution in [-0.4, -0.2) is 28.1 Å². The van der Waals surface area contributed by atoms with Gasteiger partial charge in [-0.25, -0.2) is 4.98 Å². The van der Waals surface area contributed by atoms with Crippen molar-refractivity contribution < 1.29 is 9.52 Å². The lowest BCUT2D eigenvalue weighted by Crippen LogP contribution is -2.22. The first-order valence-electron chi connectivity index (χ1n) is 10.3. The fourth-order valence-corrected chi connectivity index (χ4v) is 4.77. The van der Waals surface area contributed by atoms with Gasteiger partial charge in [0.25, 0.3) is 0 Å². The van der Waals surface area contributed by atoms with Gasteiger partial charge in [-0.15, -0.1) is 11.3 Å². The number of fused-ring (bicyclic) bond motifs is 2. The number of hydrogen-bond donors (Lipinski definition) is 1. The first kappa shape index (κ1) is 20.6. The van der Waals surface area contributed by atoms with Crippen LogP contribution in [0.5, 0.6) is 5.75 Å². The minimum Gasteiger partial charge on any atom is -0.507 e. The van der Waals surface area contributed by atoms with E-state index < -0.39 is 0 Å². The van der Waals surface area contributed by atoms with Crippen molar-refractivity contribution in [2.75, 3.05) is 13.1 Å². The Morgan fingerprint density at radius 1 is 1.17 bits per heavy atom. The number of aromatic nitrogens is 1. The number of para-hydroxylation sites is 1. The molecule has 4 rings (SSSR count). The Morgan fingerprint density at radius 2 is 1.93 bits per heavy atom. The molecule has 0 unspecified atom stereocenters. The van der Waals surface area contributed by atoms with Gasteiger partial charge >= 0.3 is 0 Å². The zero-order valence-electron chi connectivity index (χ0n) is 17.7. The average Bonchev–Trinajstić information content (AvgIpc) is 3.17. The molecular weight excluding hydrogens is 396 g/mol. The predicted octanol–water partition coefficient (Wildman–Crippen LogP) is 5.74. The molecule has 6 heteroatoms. The Balaban J connectivity index is 1.87. The standard InChI is InChI=1S/C24H26N2O3S/c1-5-26(6-2)12-17-19(27)11-10-16-22(28)18(13-29-23(16)17)24-25-21-15(14(3)4)8-7-9-20(21)30-24/h7-11,13-14,27H,5-6,12H2,1-4H3. The van der Waals surface area contributed by atoms with Gasteiger partial charge in [-0.1, -0.05) is 39.8 Å². The van der Waals surface area contributed by atoms with Gasteiger partial charge in [0.2, 0.25) is 5.43 Å². The Hall–Kier alpha value is -2.70. The molecule has 2 aromatic carbocycles. The SMILES string of the molecule is CCN(CC)Cc1c(O)ccc2c(=O)c(-c3nc4c(C(C)C)cccc4s3)coc12. The summed E-state index contributed by atoms with van der Waals surface area (Å²) in [7, 11) is 0. The molecule has 2 heterocycles. The topological polar surface area (TPSA) is 66.6 Å². The maximum atomic E-state index is 13.3. The van der Waals surface area contributed by atoms with Crippen LogP contribution in [0.1, 0.15) is 44.7 Å². The van der Waals surface area contributed by atoms with E-state index in [2.05, 4.69) is 38.7 Å². The van der Waals surface area contributed by atoms with E-state index in [0.29, 0.717) is 39.6 Å². The second-order valence-corrected chi connectivity index (χ2v) is 8.78. The summed E-state index contributed by atoms with van der Waals surface area (Å²) in [6.45, 7) is 10.6. The molecule has 30 heavy (non-hydrogen) atoms. The summed E-state index contributed by atoms with van der Waals surface area (Å²) < 4.78 is 6.99. The van der Waals surface area contributed by atoms with E-state index in [9.17, 15) is 9.90 Å². The van der Waals surface area contributed by atoms with E-state index in [1.165, 1.54) is 23.2 Å². The highest BCUT2D eigenvalue weighted by atomic mass is 32.1. The molecule has 0 aliphatic rings. The number of phenolic OH excluding ortho intramolecular Hbond substituents is 1. The van der Waals surface area contributed by atoms with E-state index in [0.717, 1.165) is 23.3 Å². The van der Waals surface area contributed by atoms with Gasteiger partial charge in [0.15, 0.2) is 0 Å². The minimum absolute atomic E-state index is 0.123. The summed E-state index contributed by atoms with van der Waals surface area (Å²) in [5.41, 5.74) is 3.54. The normalized spacial score (nSPS) is 11.9. The number of rotatable bonds is 6. The highest BCUT2D eigenvalue weighted by molar-refractivity contribution is 7.21. The summed E-state index contributed by atoms with van der Waals surface area (Å²) in [5.74, 6) is 0.495. The first-order chi connectivity index (χ1) is 14.4. The zero-order valence-corrected chi connectivity index (χ0v) is 18.5. The monoisotopic (exact) mass is 422 g/mol. The van der Waals surface area contributed by atoms with Crippen LogP contribution in [-0.2, 0) is 6.54 Å². The Bertz CT molecular complexity index is 1270. The van der Waals surface area contributed by atoms with E-state index >= 15 is 0 Å². The molecule has 5 nitrogen and oxygen atoms in total. The number of thiazole rings is 1. The molecule has 0 radical (unpaired) electrons. The van der Waals surface area contributed by atoms with E-state index in [1.54, 1.807) is 12.1 Å².